The van der Waals surface area contributed by atoms with Gasteiger partial charge in [0.25, 0.3) is 0 Å². The first kappa shape index (κ1) is 11.4. The highest BCUT2D eigenvalue weighted by Crippen LogP contribution is 2.26. The molecule has 0 saturated heterocycles. The van der Waals surface area contributed by atoms with E-state index in [0.717, 1.165) is 25.7 Å². The molecule has 1 N–H and O–H groups in total. The van der Waals surface area contributed by atoms with Crippen molar-refractivity contribution in [3.63, 3.8) is 0 Å². The van der Waals surface area contributed by atoms with Gasteiger partial charge in [0, 0.05) is 0 Å². The monoisotopic (exact) mass is 208 g/mol. The molecule has 0 unspecified atom stereocenters. The van der Waals surface area contributed by atoms with Crippen molar-refractivity contribution in [1.82, 2.24) is 0 Å². The van der Waals surface area contributed by atoms with Crippen LogP contribution in [0, 0.1) is 0 Å². The van der Waals surface area contributed by atoms with E-state index in [9.17, 15) is 13.6 Å². The largest absolute Gasteiger partial charge is 0.475 e. The normalized spacial score (nSPS) is 20.4. The SMILES string of the molecule is O=C(O)C(F)(F)OC1CCCCCC1. The summed E-state index contributed by atoms with van der Waals surface area (Å²) in [5.41, 5.74) is 0. The maximum absolute atomic E-state index is 12.6. The molecule has 1 fully saturated rings. The van der Waals surface area contributed by atoms with Gasteiger partial charge in [-0.2, -0.15) is 8.78 Å². The van der Waals surface area contributed by atoms with E-state index in [1.807, 2.05) is 0 Å². The van der Waals surface area contributed by atoms with Gasteiger partial charge in [0.05, 0.1) is 6.10 Å². The topological polar surface area (TPSA) is 46.5 Å². The van der Waals surface area contributed by atoms with E-state index < -0.39 is 18.2 Å². The molecule has 0 aromatic rings. The number of alkyl halides is 2. The predicted molar refractivity (Wildman–Crippen MR) is 45.2 cm³/mol. The van der Waals surface area contributed by atoms with Gasteiger partial charge >= 0.3 is 12.1 Å². The van der Waals surface area contributed by atoms with Crippen LogP contribution in [0.15, 0.2) is 0 Å². The zero-order valence-electron chi connectivity index (χ0n) is 7.84. The molecule has 14 heavy (non-hydrogen) atoms. The minimum absolute atomic E-state index is 0.531. The summed E-state index contributed by atoms with van der Waals surface area (Å²) in [5.74, 6) is -2.21. The number of rotatable bonds is 3. The fraction of sp³-hybridized carbons (Fsp3) is 0.889. The van der Waals surface area contributed by atoms with Crippen LogP contribution >= 0.6 is 0 Å². The van der Waals surface area contributed by atoms with Gasteiger partial charge in [-0.15, -0.1) is 0 Å². The van der Waals surface area contributed by atoms with Crippen LogP contribution in [-0.4, -0.2) is 23.3 Å². The Balaban J connectivity index is 2.45. The molecule has 5 heteroatoms. The number of carboxylic acids is 1. The number of halogens is 2. The summed E-state index contributed by atoms with van der Waals surface area (Å²) >= 11 is 0. The lowest BCUT2D eigenvalue weighted by molar-refractivity contribution is -0.263. The van der Waals surface area contributed by atoms with Crippen LogP contribution in [0.4, 0.5) is 8.78 Å². The Hall–Kier alpha value is -0.710. The van der Waals surface area contributed by atoms with Gasteiger partial charge in [-0.3, -0.25) is 0 Å². The van der Waals surface area contributed by atoms with Crippen LogP contribution in [0.5, 0.6) is 0 Å². The Morgan fingerprint density at radius 3 is 2.14 bits per heavy atom. The molecule has 0 aliphatic heterocycles. The molecule has 0 radical (unpaired) electrons. The number of hydrogen-bond donors (Lipinski definition) is 1. The lowest BCUT2D eigenvalue weighted by Crippen LogP contribution is -2.35. The smallest absolute Gasteiger partial charge is 0.456 e. The Kier molecular flexibility index (Phi) is 3.80. The van der Waals surface area contributed by atoms with Gasteiger partial charge in [-0.1, -0.05) is 25.7 Å². The molecule has 1 aliphatic carbocycles. The molecule has 0 heterocycles. The van der Waals surface area contributed by atoms with Crippen LogP contribution in [0.1, 0.15) is 38.5 Å². The highest BCUT2D eigenvalue weighted by atomic mass is 19.3. The second-order valence-corrected chi connectivity index (χ2v) is 3.55. The summed E-state index contributed by atoms with van der Waals surface area (Å²) in [6.07, 6.45) is 0.113. The molecule has 1 saturated carbocycles. The molecule has 82 valence electrons. The molecule has 0 atom stereocenters. The average molecular weight is 208 g/mol. The number of carbonyl (C=O) groups is 1. The first-order chi connectivity index (χ1) is 6.52. The number of ether oxygens (including phenoxy) is 1. The summed E-state index contributed by atoms with van der Waals surface area (Å²) in [4.78, 5) is 10.1. The summed E-state index contributed by atoms with van der Waals surface area (Å²) in [6, 6.07) is 0. The molecule has 0 bridgehead atoms. The second-order valence-electron chi connectivity index (χ2n) is 3.55. The van der Waals surface area contributed by atoms with Crippen molar-refractivity contribution in [3.05, 3.63) is 0 Å². The minimum atomic E-state index is -4.03. The standard InChI is InChI=1S/C9H14F2O3/c10-9(11,8(12)13)14-7-5-3-1-2-4-6-7/h7H,1-6H2,(H,12,13). The van der Waals surface area contributed by atoms with Crippen molar-refractivity contribution in [3.8, 4) is 0 Å². The number of aliphatic carboxylic acids is 1. The van der Waals surface area contributed by atoms with Crippen molar-refractivity contribution in [2.45, 2.75) is 50.7 Å². The van der Waals surface area contributed by atoms with Gasteiger partial charge in [0.15, 0.2) is 0 Å². The zero-order valence-corrected chi connectivity index (χ0v) is 7.84. The Bertz CT molecular complexity index is 198. The van der Waals surface area contributed by atoms with Crippen LogP contribution in [0.25, 0.3) is 0 Å². The quantitative estimate of drug-likeness (QED) is 0.724. The van der Waals surface area contributed by atoms with Crippen molar-refractivity contribution in [1.29, 1.82) is 0 Å². The van der Waals surface area contributed by atoms with Crippen LogP contribution in [0.2, 0.25) is 0 Å². The molecule has 0 spiro atoms. The average Bonchev–Trinajstić information content (AvgIpc) is 2.32. The van der Waals surface area contributed by atoms with Crippen LogP contribution in [0.3, 0.4) is 0 Å². The molecule has 0 amide bonds. The highest BCUT2D eigenvalue weighted by Gasteiger charge is 2.42. The third-order valence-electron chi connectivity index (χ3n) is 2.37. The summed E-state index contributed by atoms with van der Waals surface area (Å²) in [5, 5.41) is 8.17. The maximum atomic E-state index is 12.6. The number of hydrogen-bond acceptors (Lipinski definition) is 2. The van der Waals surface area contributed by atoms with Crippen molar-refractivity contribution in [2.24, 2.45) is 0 Å². The fourth-order valence-corrected chi connectivity index (χ4v) is 1.62. The van der Waals surface area contributed by atoms with E-state index >= 15 is 0 Å². The van der Waals surface area contributed by atoms with Gasteiger partial charge in [0.1, 0.15) is 0 Å². The second kappa shape index (κ2) is 4.68. The van der Waals surface area contributed by atoms with Gasteiger partial charge in [-0.25, -0.2) is 4.79 Å². The third kappa shape index (κ3) is 3.21. The summed E-state index contributed by atoms with van der Waals surface area (Å²) in [6.45, 7) is 0. The van der Waals surface area contributed by atoms with E-state index in [1.165, 1.54) is 0 Å². The maximum Gasteiger partial charge on any atom is 0.456 e. The Morgan fingerprint density at radius 2 is 1.71 bits per heavy atom. The highest BCUT2D eigenvalue weighted by molar-refractivity contribution is 5.73. The van der Waals surface area contributed by atoms with E-state index in [1.54, 1.807) is 0 Å². The molecule has 0 aromatic heterocycles. The molecule has 0 aromatic carbocycles. The zero-order chi connectivity index (χ0) is 10.6. The Labute approximate surface area is 81.1 Å². The van der Waals surface area contributed by atoms with Gasteiger partial charge < -0.3 is 9.84 Å². The van der Waals surface area contributed by atoms with Crippen molar-refractivity contribution >= 4 is 5.97 Å². The van der Waals surface area contributed by atoms with Gasteiger partial charge in [0.2, 0.25) is 0 Å². The Morgan fingerprint density at radius 1 is 1.21 bits per heavy atom. The van der Waals surface area contributed by atoms with Crippen LogP contribution < -0.4 is 0 Å². The molecule has 3 nitrogen and oxygen atoms in total. The van der Waals surface area contributed by atoms with Crippen molar-refractivity contribution < 1.29 is 23.4 Å². The van der Waals surface area contributed by atoms with Crippen LogP contribution in [-0.2, 0) is 9.53 Å². The molecule has 1 rings (SSSR count). The van der Waals surface area contributed by atoms with E-state index in [2.05, 4.69) is 4.74 Å². The van der Waals surface area contributed by atoms with E-state index in [4.69, 9.17) is 5.11 Å². The van der Waals surface area contributed by atoms with E-state index in [-0.39, 0.29) is 0 Å². The lowest BCUT2D eigenvalue weighted by Gasteiger charge is -2.19. The molecule has 1 aliphatic rings. The molecular formula is C9H14F2O3. The summed E-state index contributed by atoms with van der Waals surface area (Å²) in [7, 11) is 0. The third-order valence-corrected chi connectivity index (χ3v) is 2.37. The van der Waals surface area contributed by atoms with Crippen molar-refractivity contribution in [2.75, 3.05) is 0 Å². The molecular weight excluding hydrogens is 194 g/mol. The number of carboxylic acid groups (broad SMARTS) is 1. The fourth-order valence-electron chi connectivity index (χ4n) is 1.62. The minimum Gasteiger partial charge on any atom is -0.475 e. The first-order valence-corrected chi connectivity index (χ1v) is 4.81. The first-order valence-electron chi connectivity index (χ1n) is 4.81. The van der Waals surface area contributed by atoms with Gasteiger partial charge in [-0.05, 0) is 12.8 Å². The lowest BCUT2D eigenvalue weighted by atomic mass is 10.1. The summed E-state index contributed by atoms with van der Waals surface area (Å²) < 4.78 is 29.6. The predicted octanol–water partition coefficient (Wildman–Crippen LogP) is 2.40. The van der Waals surface area contributed by atoms with E-state index in [0.29, 0.717) is 12.8 Å².